The molecule has 6 nitrogen and oxygen atoms in total. The van der Waals surface area contributed by atoms with Gasteiger partial charge in [0.1, 0.15) is 11.2 Å². The van der Waals surface area contributed by atoms with E-state index in [2.05, 4.69) is 10.4 Å². The maximum absolute atomic E-state index is 13.6. The highest BCUT2D eigenvalue weighted by Crippen LogP contribution is 2.35. The molecule has 174 valence electrons. The molecule has 1 N–H and O–H groups in total. The largest absolute Gasteiger partial charge is 0.281 e. The van der Waals surface area contributed by atoms with Crippen LogP contribution in [0.3, 0.4) is 0 Å². The number of nitrogens with zero attached hydrogens (tertiary/aromatic N) is 3. The molecule has 0 aliphatic carbocycles. The Labute approximate surface area is 210 Å². The zero-order valence-electron chi connectivity index (χ0n) is 19.3. The monoisotopic (exact) mass is 488 g/mol. The average molecular weight is 489 g/mol. The zero-order valence-corrected chi connectivity index (χ0v) is 20.1. The van der Waals surface area contributed by atoms with E-state index in [1.165, 1.54) is 22.3 Å². The van der Waals surface area contributed by atoms with E-state index < -0.39 is 5.91 Å². The van der Waals surface area contributed by atoms with Gasteiger partial charge in [-0.3, -0.25) is 15.0 Å². The first kappa shape index (κ1) is 21.9. The van der Waals surface area contributed by atoms with Crippen LogP contribution in [0.25, 0.3) is 43.5 Å². The second-order valence-electron chi connectivity index (χ2n) is 8.38. The topological polar surface area (TPSA) is 76.9 Å². The summed E-state index contributed by atoms with van der Waals surface area (Å²) in [5.74, 6) is -0.415. The standard InChI is InChI=1S/C29H20N4O2S/c1-18-25(20-12-6-3-7-13-20)26-28(36-18)30-17-33(29(26)35)32-27(34)22-16-24(19-10-4-2-5-11-19)31-23-15-9-8-14-21(22)23/h2-17H,1H3,(H,32,34). The number of pyridine rings is 1. The van der Waals surface area contributed by atoms with Crippen molar-refractivity contribution in [2.24, 2.45) is 0 Å². The van der Waals surface area contributed by atoms with Crippen molar-refractivity contribution in [2.45, 2.75) is 6.92 Å². The Morgan fingerprint density at radius 2 is 1.56 bits per heavy atom. The fourth-order valence-electron chi connectivity index (χ4n) is 4.42. The molecule has 1 amide bonds. The van der Waals surface area contributed by atoms with Gasteiger partial charge in [-0.1, -0.05) is 78.9 Å². The molecule has 0 atom stereocenters. The van der Waals surface area contributed by atoms with Gasteiger partial charge in [0.05, 0.1) is 22.2 Å². The van der Waals surface area contributed by atoms with Gasteiger partial charge in [0.25, 0.3) is 11.5 Å². The lowest BCUT2D eigenvalue weighted by Gasteiger charge is -2.12. The molecule has 3 aromatic carbocycles. The van der Waals surface area contributed by atoms with Crippen molar-refractivity contribution in [3.8, 4) is 22.4 Å². The van der Waals surface area contributed by atoms with E-state index in [-0.39, 0.29) is 5.56 Å². The number of aromatic nitrogens is 3. The quantitative estimate of drug-likeness (QED) is 0.329. The molecular weight excluding hydrogens is 468 g/mol. The first-order valence-corrected chi connectivity index (χ1v) is 12.2. The molecule has 3 aromatic heterocycles. The van der Waals surface area contributed by atoms with Gasteiger partial charge in [0, 0.05) is 21.4 Å². The lowest BCUT2D eigenvalue weighted by Crippen LogP contribution is -2.33. The van der Waals surface area contributed by atoms with Gasteiger partial charge in [-0.25, -0.2) is 14.6 Å². The van der Waals surface area contributed by atoms with E-state index in [9.17, 15) is 9.59 Å². The van der Waals surface area contributed by atoms with Gasteiger partial charge in [-0.2, -0.15) is 0 Å². The molecule has 6 rings (SSSR count). The molecule has 0 bridgehead atoms. The summed E-state index contributed by atoms with van der Waals surface area (Å²) < 4.78 is 1.17. The second kappa shape index (κ2) is 8.87. The Balaban J connectivity index is 1.46. The third kappa shape index (κ3) is 3.76. The Hall–Kier alpha value is -4.62. The molecule has 0 aliphatic heterocycles. The van der Waals surface area contributed by atoms with Crippen LogP contribution in [0.4, 0.5) is 0 Å². The summed E-state index contributed by atoms with van der Waals surface area (Å²) in [6.45, 7) is 1.98. The number of para-hydroxylation sites is 1. The van der Waals surface area contributed by atoms with Crippen LogP contribution in [0, 0.1) is 6.92 Å². The number of benzene rings is 3. The van der Waals surface area contributed by atoms with Crippen LogP contribution < -0.4 is 11.0 Å². The van der Waals surface area contributed by atoms with E-state index in [0.29, 0.717) is 32.4 Å². The fraction of sp³-hybridized carbons (Fsp3) is 0.0345. The van der Waals surface area contributed by atoms with E-state index in [1.807, 2.05) is 91.9 Å². The van der Waals surface area contributed by atoms with E-state index in [4.69, 9.17) is 4.98 Å². The molecule has 7 heteroatoms. The Morgan fingerprint density at radius 1 is 0.889 bits per heavy atom. The van der Waals surface area contributed by atoms with Crippen LogP contribution in [0.2, 0.25) is 0 Å². The van der Waals surface area contributed by atoms with Crippen LogP contribution in [0.15, 0.2) is 102 Å². The Morgan fingerprint density at radius 3 is 2.31 bits per heavy atom. The van der Waals surface area contributed by atoms with Gasteiger partial charge in [0.2, 0.25) is 0 Å². The van der Waals surface area contributed by atoms with Crippen molar-refractivity contribution in [1.29, 1.82) is 0 Å². The first-order chi connectivity index (χ1) is 17.6. The summed E-state index contributed by atoms with van der Waals surface area (Å²) in [7, 11) is 0. The van der Waals surface area contributed by atoms with Crippen LogP contribution >= 0.6 is 11.3 Å². The maximum atomic E-state index is 13.6. The Bertz CT molecular complexity index is 1810. The summed E-state index contributed by atoms with van der Waals surface area (Å²) in [4.78, 5) is 38.0. The molecular formula is C29H20N4O2S. The highest BCUT2D eigenvalue weighted by Gasteiger charge is 2.19. The summed E-state index contributed by atoms with van der Waals surface area (Å²) in [6.07, 6.45) is 1.37. The predicted molar refractivity (Wildman–Crippen MR) is 145 cm³/mol. The third-order valence-corrected chi connectivity index (χ3v) is 7.12. The highest BCUT2D eigenvalue weighted by atomic mass is 32.1. The summed E-state index contributed by atoms with van der Waals surface area (Å²) in [5.41, 5.74) is 6.93. The van der Waals surface area contributed by atoms with Crippen LogP contribution in [0.5, 0.6) is 0 Å². The Kier molecular flexibility index (Phi) is 5.39. The van der Waals surface area contributed by atoms with Crippen molar-refractivity contribution >= 4 is 38.4 Å². The maximum Gasteiger partial charge on any atom is 0.281 e. The zero-order chi connectivity index (χ0) is 24.6. The third-order valence-electron chi connectivity index (χ3n) is 6.10. The molecule has 3 heterocycles. The number of aryl methyl sites for hydroxylation is 1. The molecule has 0 radical (unpaired) electrons. The number of nitrogens with one attached hydrogen (secondary N) is 1. The van der Waals surface area contributed by atoms with Gasteiger partial charge in [0.15, 0.2) is 0 Å². The molecule has 0 saturated carbocycles. The number of rotatable bonds is 4. The molecule has 0 saturated heterocycles. The highest BCUT2D eigenvalue weighted by molar-refractivity contribution is 7.19. The van der Waals surface area contributed by atoms with Crippen LogP contribution in [0.1, 0.15) is 15.2 Å². The number of carbonyl (C=O) groups excluding carboxylic acids is 1. The van der Waals surface area contributed by atoms with Crippen molar-refractivity contribution in [3.63, 3.8) is 0 Å². The number of carbonyl (C=O) groups is 1. The molecule has 0 fully saturated rings. The molecule has 36 heavy (non-hydrogen) atoms. The normalized spacial score (nSPS) is 11.1. The van der Waals surface area contributed by atoms with Crippen molar-refractivity contribution in [3.05, 3.63) is 118 Å². The van der Waals surface area contributed by atoms with Crippen molar-refractivity contribution in [2.75, 3.05) is 5.43 Å². The minimum atomic E-state index is -0.415. The SMILES string of the molecule is Cc1sc2ncn(NC(=O)c3cc(-c4ccccc4)nc4ccccc34)c(=O)c2c1-c1ccccc1. The van der Waals surface area contributed by atoms with E-state index in [1.54, 1.807) is 6.07 Å². The number of thiophene rings is 1. The summed E-state index contributed by atoms with van der Waals surface area (Å²) in [6, 6.07) is 28.7. The minimum absolute atomic E-state index is 0.321. The molecule has 0 aliphatic rings. The van der Waals surface area contributed by atoms with Gasteiger partial charge in [-0.15, -0.1) is 11.3 Å². The predicted octanol–water partition coefficient (Wildman–Crippen LogP) is 6.03. The number of amides is 1. The minimum Gasteiger partial charge on any atom is -0.267 e. The number of hydrogen-bond donors (Lipinski definition) is 1. The molecule has 0 spiro atoms. The van der Waals surface area contributed by atoms with Gasteiger partial charge < -0.3 is 0 Å². The van der Waals surface area contributed by atoms with Crippen LogP contribution in [-0.4, -0.2) is 20.6 Å². The van der Waals surface area contributed by atoms with Crippen molar-refractivity contribution in [1.82, 2.24) is 14.6 Å². The lowest BCUT2D eigenvalue weighted by molar-refractivity contribution is 0.101. The van der Waals surface area contributed by atoms with Crippen molar-refractivity contribution < 1.29 is 4.79 Å². The van der Waals surface area contributed by atoms with E-state index >= 15 is 0 Å². The van der Waals surface area contributed by atoms with E-state index in [0.717, 1.165) is 21.6 Å². The fourth-order valence-corrected chi connectivity index (χ4v) is 5.43. The van der Waals surface area contributed by atoms with Gasteiger partial charge in [-0.05, 0) is 24.6 Å². The lowest BCUT2D eigenvalue weighted by atomic mass is 10.0. The van der Waals surface area contributed by atoms with Crippen LogP contribution in [-0.2, 0) is 0 Å². The molecule has 0 unspecified atom stereocenters. The van der Waals surface area contributed by atoms with Gasteiger partial charge >= 0.3 is 0 Å². The number of fused-ring (bicyclic) bond motifs is 2. The molecule has 6 aromatic rings. The second-order valence-corrected chi connectivity index (χ2v) is 9.58. The summed E-state index contributed by atoms with van der Waals surface area (Å²) >= 11 is 1.47. The first-order valence-electron chi connectivity index (χ1n) is 11.4. The average Bonchev–Trinajstić information content (AvgIpc) is 3.27. The summed E-state index contributed by atoms with van der Waals surface area (Å²) in [5, 5.41) is 1.20. The smallest absolute Gasteiger partial charge is 0.267 e. The number of hydrogen-bond acceptors (Lipinski definition) is 5.